The van der Waals surface area contributed by atoms with E-state index in [2.05, 4.69) is 72.0 Å². The van der Waals surface area contributed by atoms with E-state index in [1.807, 2.05) is 64.6 Å². The minimum atomic E-state index is -0.182. The van der Waals surface area contributed by atoms with Crippen molar-refractivity contribution in [3.05, 3.63) is 67.0 Å². The molecule has 0 atom stereocenters. The lowest BCUT2D eigenvalue weighted by Crippen LogP contribution is -2.48. The molecule has 47 heavy (non-hydrogen) atoms. The Hall–Kier alpha value is -4.45. The number of rotatable bonds is 13. The van der Waals surface area contributed by atoms with Crippen molar-refractivity contribution in [3.63, 3.8) is 0 Å². The number of piperazine rings is 1. The molecule has 0 saturated carbocycles. The second-order valence-electron chi connectivity index (χ2n) is 12.7. The lowest BCUT2D eigenvalue weighted by Gasteiger charge is -2.36. The lowest BCUT2D eigenvalue weighted by atomic mass is 10.1. The van der Waals surface area contributed by atoms with E-state index in [-0.39, 0.29) is 5.91 Å². The first kappa shape index (κ1) is 33.9. The zero-order valence-corrected chi connectivity index (χ0v) is 28.8. The average Bonchev–Trinajstić information content (AvgIpc) is 3.40. The van der Waals surface area contributed by atoms with Gasteiger partial charge in [0.15, 0.2) is 0 Å². The van der Waals surface area contributed by atoms with Gasteiger partial charge in [-0.1, -0.05) is 24.3 Å². The van der Waals surface area contributed by atoms with Gasteiger partial charge in [0.1, 0.15) is 5.75 Å². The zero-order valence-electron chi connectivity index (χ0n) is 28.8. The van der Waals surface area contributed by atoms with Crippen molar-refractivity contribution in [3.8, 4) is 17.0 Å². The van der Waals surface area contributed by atoms with Crippen LogP contribution < -0.4 is 20.3 Å². The molecule has 0 aliphatic carbocycles. The molecule has 2 N–H and O–H groups in total. The molecule has 1 aliphatic rings. The number of anilines is 4. The molecule has 0 bridgehead atoms. The van der Waals surface area contributed by atoms with Crippen molar-refractivity contribution >= 4 is 39.8 Å². The summed E-state index contributed by atoms with van der Waals surface area (Å²) in [6.45, 7) is 10.9. The van der Waals surface area contributed by atoms with Crippen LogP contribution >= 0.6 is 0 Å². The smallest absolute Gasteiger partial charge is 0.248 e. The van der Waals surface area contributed by atoms with Gasteiger partial charge in [0.25, 0.3) is 0 Å². The molecule has 1 fully saturated rings. The third-order valence-electron chi connectivity index (χ3n) is 8.71. The van der Waals surface area contributed by atoms with Gasteiger partial charge >= 0.3 is 0 Å². The van der Waals surface area contributed by atoms with Crippen LogP contribution in [0.2, 0.25) is 0 Å². The number of carbonyl (C=O) groups excluding carboxylic acids is 1. The Balaban J connectivity index is 1.37. The molecule has 2 aromatic carbocycles. The number of fused-ring (bicyclic) bond motifs is 1. The van der Waals surface area contributed by atoms with Gasteiger partial charge < -0.3 is 29.7 Å². The number of para-hydroxylation sites is 1. The van der Waals surface area contributed by atoms with Crippen molar-refractivity contribution in [2.45, 2.75) is 19.9 Å². The second-order valence-corrected chi connectivity index (χ2v) is 12.7. The van der Waals surface area contributed by atoms with Crippen LogP contribution in [0.25, 0.3) is 22.2 Å². The molecule has 3 heterocycles. The van der Waals surface area contributed by atoms with E-state index in [1.54, 1.807) is 19.4 Å². The normalized spacial score (nSPS) is 14.4. The fraction of sp³-hybridized carbons (Fsp3) is 0.417. The highest BCUT2D eigenvalue weighted by molar-refractivity contribution is 6.02. The van der Waals surface area contributed by atoms with Gasteiger partial charge in [-0.15, -0.1) is 0 Å². The molecular weight excluding hydrogens is 590 g/mol. The van der Waals surface area contributed by atoms with Crippen LogP contribution in [-0.4, -0.2) is 115 Å². The molecule has 250 valence electrons. The highest BCUT2D eigenvalue weighted by atomic mass is 16.5. The topological polar surface area (TPSA) is 94.0 Å². The van der Waals surface area contributed by atoms with E-state index in [0.29, 0.717) is 29.1 Å². The number of aromatic nitrogens is 3. The highest BCUT2D eigenvalue weighted by Gasteiger charge is 2.19. The second kappa shape index (κ2) is 15.4. The predicted octanol–water partition coefficient (Wildman–Crippen LogP) is 4.91. The van der Waals surface area contributed by atoms with E-state index in [0.717, 1.165) is 73.7 Å². The highest BCUT2D eigenvalue weighted by Crippen LogP contribution is 2.38. The third-order valence-corrected chi connectivity index (χ3v) is 8.71. The Morgan fingerprint density at radius 1 is 1.04 bits per heavy atom. The van der Waals surface area contributed by atoms with Crippen molar-refractivity contribution in [1.82, 2.24) is 29.2 Å². The van der Waals surface area contributed by atoms with Gasteiger partial charge in [-0.2, -0.15) is 0 Å². The third kappa shape index (κ3) is 8.48. The fourth-order valence-corrected chi connectivity index (χ4v) is 5.90. The number of aryl methyl sites for hydroxylation is 1. The summed E-state index contributed by atoms with van der Waals surface area (Å²) in [5.74, 6) is 0.862. The first-order valence-electron chi connectivity index (χ1n) is 16.3. The van der Waals surface area contributed by atoms with Gasteiger partial charge in [0.2, 0.25) is 11.9 Å². The fourth-order valence-electron chi connectivity index (χ4n) is 5.90. The van der Waals surface area contributed by atoms with Crippen LogP contribution in [0.3, 0.4) is 0 Å². The number of amides is 1. The van der Waals surface area contributed by atoms with Crippen molar-refractivity contribution < 1.29 is 9.53 Å². The maximum Gasteiger partial charge on any atom is 0.248 e. The molecular formula is C36H49N9O2. The van der Waals surface area contributed by atoms with Gasteiger partial charge in [-0.05, 0) is 46.1 Å². The summed E-state index contributed by atoms with van der Waals surface area (Å²) in [6.07, 6.45) is 7.42. The largest absolute Gasteiger partial charge is 0.494 e. The number of hydrogen-bond donors (Lipinski definition) is 2. The Kier molecular flexibility index (Phi) is 11.1. The Morgan fingerprint density at radius 3 is 2.53 bits per heavy atom. The molecule has 0 spiro atoms. The number of hydrogen-bond acceptors (Lipinski definition) is 9. The number of methoxy groups -OCH3 is 1. The van der Waals surface area contributed by atoms with Crippen LogP contribution in [0.15, 0.2) is 67.0 Å². The first-order chi connectivity index (χ1) is 22.6. The van der Waals surface area contributed by atoms with Crippen LogP contribution in [0.5, 0.6) is 5.75 Å². The Bertz CT molecular complexity index is 1690. The summed E-state index contributed by atoms with van der Waals surface area (Å²) in [7, 11) is 9.78. The maximum atomic E-state index is 13.2. The SMILES string of the molecule is COc1cc(N(C)CCN(C)C)c(NC(=O)/C=C/CN2CCN(C(C)C)CC2)cc1Nc1nccc(-c2cn(C)c3ccccc23)n1. The molecule has 0 unspecified atom stereocenters. The number of likely N-dealkylation sites (N-methyl/N-ethyl adjacent to an activating group) is 2. The summed E-state index contributed by atoms with van der Waals surface area (Å²) in [5, 5.41) is 7.61. The van der Waals surface area contributed by atoms with Crippen LogP contribution in [0.4, 0.5) is 23.0 Å². The van der Waals surface area contributed by atoms with E-state index in [4.69, 9.17) is 9.72 Å². The van der Waals surface area contributed by atoms with Crippen molar-refractivity contribution in [2.24, 2.45) is 7.05 Å². The zero-order chi connectivity index (χ0) is 33.5. The number of benzene rings is 2. The average molecular weight is 640 g/mol. The minimum Gasteiger partial charge on any atom is -0.494 e. The Morgan fingerprint density at radius 2 is 1.81 bits per heavy atom. The van der Waals surface area contributed by atoms with E-state index in [9.17, 15) is 4.79 Å². The summed E-state index contributed by atoms with van der Waals surface area (Å²) in [6, 6.07) is 14.6. The van der Waals surface area contributed by atoms with Crippen LogP contribution in [0.1, 0.15) is 13.8 Å². The lowest BCUT2D eigenvalue weighted by molar-refractivity contribution is -0.111. The minimum absolute atomic E-state index is 0.182. The molecule has 5 rings (SSSR count). The standard InChI is InChI=1S/C36H49N9O2/c1-26(2)45-21-19-44(20-22-45)16-10-13-35(46)38-30-23-31(34(47-7)24-33(30)42(5)18-17-41(3)4)40-36-37-15-14-29(39-36)28-25-43(6)32-12-9-8-11-27(28)32/h8-15,23-26H,16-22H2,1-7H3,(H,38,46)(H,37,39,40)/b13-10+. The number of ether oxygens (including phenoxy) is 1. The van der Waals surface area contributed by atoms with Crippen molar-refractivity contribution in [2.75, 3.05) is 89.6 Å². The summed E-state index contributed by atoms with van der Waals surface area (Å²) >= 11 is 0. The molecule has 1 aliphatic heterocycles. The van der Waals surface area contributed by atoms with Crippen LogP contribution in [0, 0.1) is 0 Å². The first-order valence-corrected chi connectivity index (χ1v) is 16.3. The van der Waals surface area contributed by atoms with Crippen molar-refractivity contribution in [1.29, 1.82) is 0 Å². The number of carbonyl (C=O) groups is 1. The van der Waals surface area contributed by atoms with Gasteiger partial charge in [-0.3, -0.25) is 14.6 Å². The molecule has 0 radical (unpaired) electrons. The molecule has 1 amide bonds. The van der Waals surface area contributed by atoms with E-state index < -0.39 is 0 Å². The maximum absolute atomic E-state index is 13.2. The van der Waals surface area contributed by atoms with Gasteiger partial charge in [0, 0.05) is 107 Å². The summed E-state index contributed by atoms with van der Waals surface area (Å²) in [5.41, 5.74) is 5.14. The summed E-state index contributed by atoms with van der Waals surface area (Å²) in [4.78, 5) is 31.7. The van der Waals surface area contributed by atoms with Gasteiger partial charge in [-0.25, -0.2) is 9.97 Å². The number of nitrogens with zero attached hydrogens (tertiary/aromatic N) is 7. The van der Waals surface area contributed by atoms with Gasteiger partial charge in [0.05, 0.1) is 29.9 Å². The monoisotopic (exact) mass is 639 g/mol. The molecule has 11 heteroatoms. The number of nitrogens with one attached hydrogen (secondary N) is 2. The predicted molar refractivity (Wildman–Crippen MR) is 193 cm³/mol. The molecule has 4 aromatic rings. The molecule has 2 aromatic heterocycles. The molecule has 11 nitrogen and oxygen atoms in total. The quantitative estimate of drug-likeness (QED) is 0.198. The van der Waals surface area contributed by atoms with E-state index >= 15 is 0 Å². The van der Waals surface area contributed by atoms with E-state index in [1.165, 1.54) is 0 Å². The Labute approximate surface area is 278 Å². The van der Waals surface area contributed by atoms with Crippen LogP contribution in [-0.2, 0) is 11.8 Å². The molecule has 1 saturated heterocycles. The summed E-state index contributed by atoms with van der Waals surface area (Å²) < 4.78 is 7.93.